The number of benzene rings is 2. The average molecular weight is 520 g/mol. The van der Waals surface area contributed by atoms with Crippen molar-refractivity contribution in [1.29, 1.82) is 0 Å². The molecule has 5 nitrogen and oxygen atoms in total. The third kappa shape index (κ3) is 5.20. The Bertz CT molecular complexity index is 859. The molecule has 0 spiro atoms. The molecule has 3 rings (SSSR count). The SMILES string of the molecule is COc1ccc(CN=C(N)NCC2(c3ccc(F)cc3Cl)CC2)cc1OC.I. The zero-order valence-corrected chi connectivity index (χ0v) is 18.9. The van der Waals surface area contributed by atoms with Crippen LogP contribution >= 0.6 is 35.6 Å². The third-order valence-electron chi connectivity index (χ3n) is 4.84. The molecule has 28 heavy (non-hydrogen) atoms. The molecule has 0 bridgehead atoms. The number of nitrogens with one attached hydrogen (secondary N) is 1. The van der Waals surface area contributed by atoms with Crippen molar-refractivity contribution < 1.29 is 13.9 Å². The number of nitrogens with two attached hydrogens (primary N) is 1. The maximum absolute atomic E-state index is 13.3. The quantitative estimate of drug-likeness (QED) is 0.326. The van der Waals surface area contributed by atoms with Crippen molar-refractivity contribution >= 4 is 41.5 Å². The van der Waals surface area contributed by atoms with Crippen LogP contribution in [-0.4, -0.2) is 26.7 Å². The summed E-state index contributed by atoms with van der Waals surface area (Å²) in [7, 11) is 3.19. The Labute approximate surface area is 186 Å². The molecule has 1 aliphatic rings. The van der Waals surface area contributed by atoms with Crippen molar-refractivity contribution in [3.63, 3.8) is 0 Å². The van der Waals surface area contributed by atoms with E-state index in [1.165, 1.54) is 12.1 Å². The van der Waals surface area contributed by atoms with Crippen LogP contribution < -0.4 is 20.5 Å². The lowest BCUT2D eigenvalue weighted by Gasteiger charge is -2.18. The van der Waals surface area contributed by atoms with Crippen LogP contribution in [0.25, 0.3) is 0 Å². The van der Waals surface area contributed by atoms with Gasteiger partial charge in [0.2, 0.25) is 0 Å². The molecule has 1 aliphatic carbocycles. The molecule has 0 aromatic heterocycles. The first-order valence-electron chi connectivity index (χ1n) is 8.68. The highest BCUT2D eigenvalue weighted by molar-refractivity contribution is 14.0. The third-order valence-corrected chi connectivity index (χ3v) is 5.16. The van der Waals surface area contributed by atoms with Crippen LogP contribution in [0.1, 0.15) is 24.0 Å². The topological polar surface area (TPSA) is 68.9 Å². The Morgan fingerprint density at radius 3 is 2.50 bits per heavy atom. The van der Waals surface area contributed by atoms with Gasteiger partial charge < -0.3 is 20.5 Å². The van der Waals surface area contributed by atoms with Gasteiger partial charge in [0, 0.05) is 17.0 Å². The summed E-state index contributed by atoms with van der Waals surface area (Å²) in [6, 6.07) is 10.2. The highest BCUT2D eigenvalue weighted by Gasteiger charge is 2.45. The van der Waals surface area contributed by atoms with Gasteiger partial charge in [0.1, 0.15) is 5.82 Å². The summed E-state index contributed by atoms with van der Waals surface area (Å²) in [6.07, 6.45) is 1.96. The zero-order chi connectivity index (χ0) is 19.4. The van der Waals surface area contributed by atoms with Crippen LogP contribution in [0.2, 0.25) is 5.02 Å². The fraction of sp³-hybridized carbons (Fsp3) is 0.350. The number of ether oxygens (including phenoxy) is 2. The van der Waals surface area contributed by atoms with Crippen molar-refractivity contribution in [2.24, 2.45) is 10.7 Å². The van der Waals surface area contributed by atoms with Gasteiger partial charge in [0.05, 0.1) is 20.8 Å². The van der Waals surface area contributed by atoms with E-state index in [2.05, 4.69) is 10.3 Å². The molecule has 2 aromatic carbocycles. The minimum absolute atomic E-state index is 0. The molecule has 0 heterocycles. The number of nitrogens with zero attached hydrogens (tertiary/aromatic N) is 1. The van der Waals surface area contributed by atoms with Gasteiger partial charge >= 0.3 is 0 Å². The van der Waals surface area contributed by atoms with E-state index in [9.17, 15) is 4.39 Å². The summed E-state index contributed by atoms with van der Waals surface area (Å²) < 4.78 is 23.8. The summed E-state index contributed by atoms with van der Waals surface area (Å²) >= 11 is 6.21. The summed E-state index contributed by atoms with van der Waals surface area (Å²) in [5.74, 6) is 1.35. The first-order valence-corrected chi connectivity index (χ1v) is 9.05. The van der Waals surface area contributed by atoms with Gasteiger partial charge in [-0.15, -0.1) is 24.0 Å². The van der Waals surface area contributed by atoms with E-state index in [0.29, 0.717) is 35.6 Å². The van der Waals surface area contributed by atoms with Crippen LogP contribution in [0.3, 0.4) is 0 Å². The largest absolute Gasteiger partial charge is 0.493 e. The molecule has 0 unspecified atom stereocenters. The number of guanidine groups is 1. The number of hydrogen-bond donors (Lipinski definition) is 2. The fourth-order valence-electron chi connectivity index (χ4n) is 3.08. The lowest BCUT2D eigenvalue weighted by Crippen LogP contribution is -2.37. The number of methoxy groups -OCH3 is 2. The summed E-state index contributed by atoms with van der Waals surface area (Å²) in [4.78, 5) is 4.38. The van der Waals surface area contributed by atoms with Crippen molar-refractivity contribution in [3.8, 4) is 11.5 Å². The van der Waals surface area contributed by atoms with E-state index >= 15 is 0 Å². The van der Waals surface area contributed by atoms with Crippen molar-refractivity contribution in [1.82, 2.24) is 5.32 Å². The second kappa shape index (κ2) is 9.65. The lowest BCUT2D eigenvalue weighted by atomic mass is 9.96. The molecule has 0 amide bonds. The van der Waals surface area contributed by atoms with Crippen LogP contribution in [-0.2, 0) is 12.0 Å². The van der Waals surface area contributed by atoms with Crippen molar-refractivity contribution in [2.45, 2.75) is 24.8 Å². The second-order valence-corrected chi connectivity index (χ2v) is 7.06. The molecule has 0 aliphatic heterocycles. The summed E-state index contributed by atoms with van der Waals surface area (Å²) in [5.41, 5.74) is 7.82. The molecule has 3 N–H and O–H groups in total. The standard InChI is InChI=1S/C20H23ClFN3O2.HI/c1-26-17-6-3-13(9-18(17)27-2)11-24-19(23)25-12-20(7-8-20)15-5-4-14(22)10-16(15)21;/h3-6,9-10H,7-8,11-12H2,1-2H3,(H3,23,24,25);1H. The first kappa shape index (κ1) is 22.5. The fourth-order valence-corrected chi connectivity index (χ4v) is 3.45. The van der Waals surface area contributed by atoms with E-state index in [-0.39, 0.29) is 35.2 Å². The Kier molecular flexibility index (Phi) is 7.77. The average Bonchev–Trinajstić information content (AvgIpc) is 3.45. The highest BCUT2D eigenvalue weighted by atomic mass is 127. The maximum atomic E-state index is 13.3. The number of rotatable bonds is 7. The number of aliphatic imine (C=N–C) groups is 1. The van der Waals surface area contributed by atoms with Gasteiger partial charge in [-0.2, -0.15) is 0 Å². The Morgan fingerprint density at radius 2 is 1.89 bits per heavy atom. The number of halogens is 3. The van der Waals surface area contributed by atoms with Crippen LogP contribution in [0.4, 0.5) is 4.39 Å². The zero-order valence-electron chi connectivity index (χ0n) is 15.8. The molecular formula is C20H24ClFIN3O2. The van der Waals surface area contributed by atoms with Crippen molar-refractivity contribution in [3.05, 3.63) is 58.4 Å². The van der Waals surface area contributed by atoms with Gasteiger partial charge in [-0.1, -0.05) is 23.7 Å². The molecule has 0 atom stereocenters. The van der Waals surface area contributed by atoms with Gasteiger partial charge in [-0.3, -0.25) is 0 Å². The van der Waals surface area contributed by atoms with E-state index < -0.39 is 0 Å². The summed E-state index contributed by atoms with van der Waals surface area (Å²) in [5, 5.41) is 3.62. The Morgan fingerprint density at radius 1 is 1.18 bits per heavy atom. The molecule has 0 saturated heterocycles. The minimum atomic E-state index is -0.330. The smallest absolute Gasteiger partial charge is 0.188 e. The van der Waals surface area contributed by atoms with Gasteiger partial charge in [-0.05, 0) is 48.2 Å². The van der Waals surface area contributed by atoms with Crippen molar-refractivity contribution in [2.75, 3.05) is 20.8 Å². The second-order valence-electron chi connectivity index (χ2n) is 6.65. The van der Waals surface area contributed by atoms with E-state index in [0.717, 1.165) is 24.0 Å². The molecule has 8 heteroatoms. The van der Waals surface area contributed by atoms with Crippen LogP contribution in [0.5, 0.6) is 11.5 Å². The van der Waals surface area contributed by atoms with Gasteiger partial charge in [0.15, 0.2) is 17.5 Å². The first-order chi connectivity index (χ1) is 13.0. The Hall–Kier alpha value is -1.74. The summed E-state index contributed by atoms with van der Waals surface area (Å²) in [6.45, 7) is 1.03. The monoisotopic (exact) mass is 519 g/mol. The lowest BCUT2D eigenvalue weighted by molar-refractivity contribution is 0.354. The molecule has 1 saturated carbocycles. The normalized spacial score (nSPS) is 14.8. The van der Waals surface area contributed by atoms with Crippen LogP contribution in [0.15, 0.2) is 41.4 Å². The van der Waals surface area contributed by atoms with Gasteiger partial charge in [0.25, 0.3) is 0 Å². The van der Waals surface area contributed by atoms with Gasteiger partial charge in [-0.25, -0.2) is 9.38 Å². The molecular weight excluding hydrogens is 496 g/mol. The highest BCUT2D eigenvalue weighted by Crippen LogP contribution is 2.50. The van der Waals surface area contributed by atoms with E-state index in [1.54, 1.807) is 20.3 Å². The molecule has 1 fully saturated rings. The Balaban J connectivity index is 0.00000280. The molecule has 0 radical (unpaired) electrons. The number of hydrogen-bond acceptors (Lipinski definition) is 3. The predicted octanol–water partition coefficient (Wildman–Crippen LogP) is 4.25. The minimum Gasteiger partial charge on any atom is -0.493 e. The van der Waals surface area contributed by atoms with E-state index in [4.69, 9.17) is 26.8 Å². The molecule has 152 valence electrons. The van der Waals surface area contributed by atoms with E-state index in [1.807, 2.05) is 18.2 Å². The maximum Gasteiger partial charge on any atom is 0.188 e. The predicted molar refractivity (Wildman–Crippen MR) is 121 cm³/mol. The van der Waals surface area contributed by atoms with Crippen LogP contribution in [0, 0.1) is 5.82 Å². The molecule has 2 aromatic rings.